The Bertz CT molecular complexity index is 1010. The molecule has 1 aliphatic heterocycles. The molecule has 2 aromatic carbocycles. The Hall–Kier alpha value is -3.02. The van der Waals surface area contributed by atoms with Crippen molar-refractivity contribution in [2.75, 3.05) is 6.54 Å². The molecular weight excluding hydrogens is 357 g/mol. The van der Waals surface area contributed by atoms with Gasteiger partial charge in [-0.15, -0.1) is 0 Å². The van der Waals surface area contributed by atoms with E-state index in [2.05, 4.69) is 16.2 Å². The maximum Gasteiger partial charge on any atom is 0.232 e. The Morgan fingerprint density at radius 3 is 2.64 bits per heavy atom. The fourth-order valence-electron chi connectivity index (χ4n) is 3.77. The number of carbonyl (C=O) groups excluding carboxylic acids is 1. The first-order valence-electron chi connectivity index (χ1n) is 9.38. The molecule has 3 aromatic rings. The predicted molar refractivity (Wildman–Crippen MR) is 103 cm³/mol. The van der Waals surface area contributed by atoms with E-state index in [-0.39, 0.29) is 23.7 Å². The number of aromatic nitrogens is 2. The first-order chi connectivity index (χ1) is 13.4. The molecule has 6 heteroatoms. The molecule has 0 N–H and O–H groups in total. The average Bonchev–Trinajstić information content (AvgIpc) is 3.29. The zero-order valence-corrected chi connectivity index (χ0v) is 16.1. The summed E-state index contributed by atoms with van der Waals surface area (Å²) in [5.41, 5.74) is 4.09. The van der Waals surface area contributed by atoms with Crippen molar-refractivity contribution in [3.8, 4) is 11.4 Å². The molecule has 28 heavy (non-hydrogen) atoms. The van der Waals surface area contributed by atoms with Gasteiger partial charge in [0.15, 0.2) is 0 Å². The minimum atomic E-state index is -0.286. The van der Waals surface area contributed by atoms with Crippen LogP contribution in [0.1, 0.15) is 47.9 Å². The quantitative estimate of drug-likeness (QED) is 0.666. The average molecular weight is 379 g/mol. The number of likely N-dealkylation sites (tertiary alicyclic amines) is 1. The standard InChI is InChI=1S/C22H22FN3O2/c1-13-4-9-19(14(2)10-13)21-24-22(28-25-21)17-11-20(27)26(12-17)15(3)16-5-7-18(23)8-6-16/h4-10,15,17H,11-12H2,1-3H3. The smallest absolute Gasteiger partial charge is 0.232 e. The molecule has 0 spiro atoms. The molecule has 1 aliphatic rings. The molecule has 144 valence electrons. The highest BCUT2D eigenvalue weighted by Gasteiger charge is 2.37. The number of halogens is 1. The Morgan fingerprint density at radius 1 is 1.18 bits per heavy atom. The highest BCUT2D eigenvalue weighted by molar-refractivity contribution is 5.80. The molecule has 2 heterocycles. The van der Waals surface area contributed by atoms with E-state index in [1.807, 2.05) is 32.9 Å². The van der Waals surface area contributed by atoms with E-state index in [0.717, 1.165) is 16.7 Å². The number of benzene rings is 2. The molecule has 1 aromatic heterocycles. The maximum absolute atomic E-state index is 13.2. The lowest BCUT2D eigenvalue weighted by molar-refractivity contribution is -0.129. The monoisotopic (exact) mass is 379 g/mol. The zero-order chi connectivity index (χ0) is 19.8. The second-order valence-corrected chi connectivity index (χ2v) is 7.45. The van der Waals surface area contributed by atoms with Crippen LogP contribution >= 0.6 is 0 Å². The Balaban J connectivity index is 1.53. The van der Waals surface area contributed by atoms with E-state index in [0.29, 0.717) is 24.7 Å². The molecule has 1 saturated heterocycles. The number of hydrogen-bond donors (Lipinski definition) is 0. The molecule has 0 aliphatic carbocycles. The van der Waals surface area contributed by atoms with E-state index in [9.17, 15) is 9.18 Å². The summed E-state index contributed by atoms with van der Waals surface area (Å²) < 4.78 is 18.7. The van der Waals surface area contributed by atoms with Crippen molar-refractivity contribution in [2.24, 2.45) is 0 Å². The van der Waals surface area contributed by atoms with Gasteiger partial charge in [-0.25, -0.2) is 4.39 Å². The lowest BCUT2D eigenvalue weighted by Gasteiger charge is -2.25. The first-order valence-corrected chi connectivity index (χ1v) is 9.38. The number of aryl methyl sites for hydroxylation is 2. The van der Waals surface area contributed by atoms with Crippen molar-refractivity contribution in [2.45, 2.75) is 39.2 Å². The summed E-state index contributed by atoms with van der Waals surface area (Å²) in [6.07, 6.45) is 0.333. The maximum atomic E-state index is 13.2. The zero-order valence-electron chi connectivity index (χ0n) is 16.1. The number of carbonyl (C=O) groups is 1. The largest absolute Gasteiger partial charge is 0.339 e. The highest BCUT2D eigenvalue weighted by atomic mass is 19.1. The molecule has 2 atom stereocenters. The van der Waals surface area contributed by atoms with Crippen LogP contribution in [0.25, 0.3) is 11.4 Å². The second-order valence-electron chi connectivity index (χ2n) is 7.45. The van der Waals surface area contributed by atoms with Crippen LogP contribution in [0.4, 0.5) is 4.39 Å². The van der Waals surface area contributed by atoms with Crippen molar-refractivity contribution in [1.82, 2.24) is 15.0 Å². The van der Waals surface area contributed by atoms with Crippen LogP contribution in [-0.2, 0) is 4.79 Å². The third kappa shape index (κ3) is 3.42. The van der Waals surface area contributed by atoms with Crippen LogP contribution in [0.3, 0.4) is 0 Å². The van der Waals surface area contributed by atoms with Gasteiger partial charge in [0.1, 0.15) is 5.82 Å². The van der Waals surface area contributed by atoms with Gasteiger partial charge in [0.25, 0.3) is 0 Å². The molecule has 1 amide bonds. The molecule has 5 nitrogen and oxygen atoms in total. The van der Waals surface area contributed by atoms with Crippen molar-refractivity contribution in [3.63, 3.8) is 0 Å². The van der Waals surface area contributed by atoms with E-state index < -0.39 is 0 Å². The number of nitrogens with zero attached hydrogens (tertiary/aromatic N) is 3. The van der Waals surface area contributed by atoms with Gasteiger partial charge in [0.05, 0.1) is 12.0 Å². The van der Waals surface area contributed by atoms with Gasteiger partial charge >= 0.3 is 0 Å². The van der Waals surface area contributed by atoms with E-state index in [1.165, 1.54) is 17.7 Å². The van der Waals surface area contributed by atoms with Crippen LogP contribution in [-0.4, -0.2) is 27.5 Å². The molecule has 1 fully saturated rings. The molecule has 2 unspecified atom stereocenters. The van der Waals surface area contributed by atoms with E-state index in [4.69, 9.17) is 4.52 Å². The van der Waals surface area contributed by atoms with Crippen molar-refractivity contribution in [3.05, 3.63) is 70.9 Å². The molecule has 0 bridgehead atoms. The van der Waals surface area contributed by atoms with Crippen molar-refractivity contribution >= 4 is 5.91 Å². The topological polar surface area (TPSA) is 59.2 Å². The second kappa shape index (κ2) is 7.19. The van der Waals surface area contributed by atoms with Crippen molar-refractivity contribution < 1.29 is 13.7 Å². The minimum Gasteiger partial charge on any atom is -0.339 e. The summed E-state index contributed by atoms with van der Waals surface area (Å²) in [6, 6.07) is 12.2. The number of amides is 1. The van der Waals surface area contributed by atoms with Crippen LogP contribution in [0.5, 0.6) is 0 Å². The van der Waals surface area contributed by atoms with E-state index >= 15 is 0 Å². The van der Waals surface area contributed by atoms with Gasteiger partial charge in [-0.05, 0) is 44.0 Å². The summed E-state index contributed by atoms with van der Waals surface area (Å²) in [7, 11) is 0. The lowest BCUT2D eigenvalue weighted by atomic mass is 10.1. The fraction of sp³-hybridized carbons (Fsp3) is 0.318. The van der Waals surface area contributed by atoms with Crippen molar-refractivity contribution in [1.29, 1.82) is 0 Å². The SMILES string of the molecule is Cc1ccc(-c2noc(C3CC(=O)N(C(C)c4ccc(F)cc4)C3)n2)c(C)c1. The number of hydrogen-bond acceptors (Lipinski definition) is 4. The molecule has 0 radical (unpaired) electrons. The summed E-state index contributed by atoms with van der Waals surface area (Å²) in [5, 5.41) is 4.13. The normalized spacial score (nSPS) is 17.9. The van der Waals surface area contributed by atoms with Gasteiger partial charge < -0.3 is 9.42 Å². The van der Waals surface area contributed by atoms with Crippen LogP contribution in [0.2, 0.25) is 0 Å². The van der Waals surface area contributed by atoms with Gasteiger partial charge in [-0.2, -0.15) is 4.98 Å². The Kier molecular flexibility index (Phi) is 4.71. The molecular formula is C22H22FN3O2. The first kappa shape index (κ1) is 18.3. The summed E-state index contributed by atoms with van der Waals surface area (Å²) in [4.78, 5) is 18.9. The van der Waals surface area contributed by atoms with Crippen LogP contribution in [0.15, 0.2) is 47.0 Å². The number of rotatable bonds is 4. The predicted octanol–water partition coefficient (Wildman–Crippen LogP) is 4.57. The van der Waals surface area contributed by atoms with E-state index in [1.54, 1.807) is 17.0 Å². The Morgan fingerprint density at radius 2 is 1.93 bits per heavy atom. The molecule has 0 saturated carbocycles. The fourth-order valence-corrected chi connectivity index (χ4v) is 3.77. The van der Waals surface area contributed by atoms with Crippen LogP contribution in [0, 0.1) is 19.7 Å². The minimum absolute atomic E-state index is 0.0353. The third-order valence-corrected chi connectivity index (χ3v) is 5.39. The highest BCUT2D eigenvalue weighted by Crippen LogP contribution is 2.34. The van der Waals surface area contributed by atoms with Gasteiger partial charge in [-0.1, -0.05) is 41.1 Å². The lowest BCUT2D eigenvalue weighted by Crippen LogP contribution is -2.28. The summed E-state index contributed by atoms with van der Waals surface area (Å²) in [6.45, 7) is 6.51. The summed E-state index contributed by atoms with van der Waals surface area (Å²) >= 11 is 0. The molecule has 4 rings (SSSR count). The van der Waals surface area contributed by atoms with Gasteiger partial charge in [0, 0.05) is 18.5 Å². The Labute approximate surface area is 163 Å². The summed E-state index contributed by atoms with van der Waals surface area (Å²) in [5.74, 6) is 0.643. The van der Waals surface area contributed by atoms with Gasteiger partial charge in [-0.3, -0.25) is 4.79 Å². The third-order valence-electron chi connectivity index (χ3n) is 5.39. The van der Waals surface area contributed by atoms with Gasteiger partial charge in [0.2, 0.25) is 17.6 Å². The van der Waals surface area contributed by atoms with Crippen LogP contribution < -0.4 is 0 Å².